The summed E-state index contributed by atoms with van der Waals surface area (Å²) in [6.45, 7) is 10.5. The number of anilines is 1. The molecular formula is C28H30N4. The molecule has 0 heterocycles. The maximum atomic E-state index is 9.44. The van der Waals surface area contributed by atoms with E-state index in [4.69, 9.17) is 5.41 Å². The van der Waals surface area contributed by atoms with Crippen LogP contribution >= 0.6 is 0 Å². The molecule has 4 heteroatoms. The van der Waals surface area contributed by atoms with Crippen molar-refractivity contribution in [1.82, 2.24) is 0 Å². The summed E-state index contributed by atoms with van der Waals surface area (Å²) in [6.07, 6.45) is 0. The predicted octanol–water partition coefficient (Wildman–Crippen LogP) is 6.97. The van der Waals surface area contributed by atoms with Crippen LogP contribution in [0.4, 0.5) is 5.69 Å². The van der Waals surface area contributed by atoms with Gasteiger partial charge in [-0.05, 0) is 47.6 Å². The van der Waals surface area contributed by atoms with E-state index in [2.05, 4.69) is 52.0 Å². The number of benzene rings is 3. The van der Waals surface area contributed by atoms with Gasteiger partial charge in [-0.15, -0.1) is 0 Å². The van der Waals surface area contributed by atoms with E-state index < -0.39 is 0 Å². The zero-order valence-corrected chi connectivity index (χ0v) is 19.4. The molecule has 0 bridgehead atoms. The van der Waals surface area contributed by atoms with Gasteiger partial charge in [-0.2, -0.15) is 5.26 Å². The molecule has 0 atom stereocenters. The third kappa shape index (κ3) is 4.48. The highest BCUT2D eigenvalue weighted by Gasteiger charge is 2.28. The summed E-state index contributed by atoms with van der Waals surface area (Å²) in [5, 5.41) is 27.9. The summed E-state index contributed by atoms with van der Waals surface area (Å²) < 4.78 is 0. The number of amidine groups is 2. The number of hydrogen-bond acceptors (Lipinski definition) is 3. The van der Waals surface area contributed by atoms with Gasteiger partial charge in [0.2, 0.25) is 0 Å². The molecule has 3 aromatic carbocycles. The van der Waals surface area contributed by atoms with Crippen molar-refractivity contribution >= 4 is 17.4 Å². The van der Waals surface area contributed by atoms with Crippen LogP contribution in [0.3, 0.4) is 0 Å². The number of hydrogen-bond donors (Lipinski definition) is 2. The number of nitriles is 1. The summed E-state index contributed by atoms with van der Waals surface area (Å²) in [5.74, 6) is 0.874. The van der Waals surface area contributed by atoms with Gasteiger partial charge in [0.25, 0.3) is 0 Å². The van der Waals surface area contributed by atoms with Crippen molar-refractivity contribution in [3.05, 3.63) is 100 Å². The molecule has 0 amide bonds. The first-order valence-electron chi connectivity index (χ1n) is 10.9. The van der Waals surface area contributed by atoms with Crippen molar-refractivity contribution in [2.24, 2.45) is 0 Å². The molecule has 0 fully saturated rings. The van der Waals surface area contributed by atoms with Gasteiger partial charge >= 0.3 is 0 Å². The van der Waals surface area contributed by atoms with Gasteiger partial charge < -0.3 is 0 Å². The minimum Gasteiger partial charge on any atom is -0.284 e. The quantitative estimate of drug-likeness (QED) is 0.344. The summed E-state index contributed by atoms with van der Waals surface area (Å²) in [5.41, 5.74) is 5.86. The van der Waals surface area contributed by atoms with Gasteiger partial charge in [-0.3, -0.25) is 15.7 Å². The van der Waals surface area contributed by atoms with Crippen LogP contribution in [0, 0.1) is 29.1 Å². The lowest BCUT2D eigenvalue weighted by molar-refractivity contribution is 0.833. The Hall–Kier alpha value is -3.71. The van der Waals surface area contributed by atoms with E-state index in [0.717, 1.165) is 27.9 Å². The van der Waals surface area contributed by atoms with Crippen LogP contribution in [0.1, 0.15) is 72.9 Å². The molecule has 3 rings (SSSR count). The first kappa shape index (κ1) is 23.0. The molecule has 0 saturated carbocycles. The molecule has 3 aromatic rings. The third-order valence-electron chi connectivity index (χ3n) is 5.68. The van der Waals surface area contributed by atoms with Crippen LogP contribution in [0.5, 0.6) is 0 Å². The smallest absolute Gasteiger partial charge is 0.138 e. The Morgan fingerprint density at radius 3 is 1.94 bits per heavy atom. The fraction of sp³-hybridized carbons (Fsp3) is 0.250. The van der Waals surface area contributed by atoms with Crippen LogP contribution in [-0.2, 0) is 0 Å². The van der Waals surface area contributed by atoms with E-state index in [1.54, 1.807) is 17.0 Å². The monoisotopic (exact) mass is 422 g/mol. The van der Waals surface area contributed by atoms with Crippen molar-refractivity contribution in [2.45, 2.75) is 46.5 Å². The van der Waals surface area contributed by atoms with Crippen LogP contribution < -0.4 is 4.90 Å². The number of rotatable bonds is 5. The molecule has 32 heavy (non-hydrogen) atoms. The maximum absolute atomic E-state index is 9.44. The first-order chi connectivity index (χ1) is 15.3. The number of para-hydroxylation sites is 1. The molecule has 0 aliphatic carbocycles. The molecule has 162 valence electrons. The van der Waals surface area contributed by atoms with E-state index in [-0.39, 0.29) is 23.5 Å². The number of aryl methyl sites for hydroxylation is 1. The Bertz CT molecular complexity index is 1160. The SMILES string of the molecule is Cc1ccc(C#N)cc1C(=N)N(C(=N)c1ccccc1)c1c(C(C)C)cccc1C(C)C. The highest BCUT2D eigenvalue weighted by Crippen LogP contribution is 2.37. The number of nitrogens with one attached hydrogen (secondary N) is 2. The summed E-state index contributed by atoms with van der Waals surface area (Å²) in [6, 6.07) is 23.3. The first-order valence-corrected chi connectivity index (χ1v) is 10.9. The maximum Gasteiger partial charge on any atom is 0.138 e. The molecule has 4 nitrogen and oxygen atoms in total. The van der Waals surface area contributed by atoms with E-state index in [0.29, 0.717) is 11.1 Å². The van der Waals surface area contributed by atoms with Gasteiger partial charge in [0.15, 0.2) is 0 Å². The van der Waals surface area contributed by atoms with Crippen molar-refractivity contribution in [3.8, 4) is 6.07 Å². The summed E-state index contributed by atoms with van der Waals surface area (Å²) in [7, 11) is 0. The van der Waals surface area contributed by atoms with Gasteiger partial charge in [0.1, 0.15) is 11.7 Å². The second-order valence-electron chi connectivity index (χ2n) is 8.63. The fourth-order valence-electron chi connectivity index (χ4n) is 3.90. The lowest BCUT2D eigenvalue weighted by atomic mass is 9.90. The van der Waals surface area contributed by atoms with Gasteiger partial charge in [0.05, 0.1) is 17.3 Å². The minimum atomic E-state index is 0.198. The molecule has 0 saturated heterocycles. The van der Waals surface area contributed by atoms with E-state index in [1.807, 2.05) is 43.3 Å². The lowest BCUT2D eigenvalue weighted by Crippen LogP contribution is -2.39. The average molecular weight is 423 g/mol. The minimum absolute atomic E-state index is 0.198. The zero-order chi connectivity index (χ0) is 23.4. The highest BCUT2D eigenvalue weighted by atomic mass is 15.2. The molecule has 0 radical (unpaired) electrons. The second kappa shape index (κ2) is 9.62. The Morgan fingerprint density at radius 1 is 0.812 bits per heavy atom. The zero-order valence-electron chi connectivity index (χ0n) is 19.4. The highest BCUT2D eigenvalue weighted by molar-refractivity contribution is 6.28. The van der Waals surface area contributed by atoms with Crippen LogP contribution in [0.25, 0.3) is 0 Å². The topological polar surface area (TPSA) is 74.7 Å². The third-order valence-corrected chi connectivity index (χ3v) is 5.68. The second-order valence-corrected chi connectivity index (χ2v) is 8.63. The van der Waals surface area contributed by atoms with E-state index >= 15 is 0 Å². The number of nitrogens with zero attached hydrogens (tertiary/aromatic N) is 2. The summed E-state index contributed by atoms with van der Waals surface area (Å²) in [4.78, 5) is 1.75. The van der Waals surface area contributed by atoms with Crippen molar-refractivity contribution in [3.63, 3.8) is 0 Å². The van der Waals surface area contributed by atoms with Crippen LogP contribution in [0.15, 0.2) is 66.7 Å². The summed E-state index contributed by atoms with van der Waals surface area (Å²) >= 11 is 0. The molecule has 0 aliphatic rings. The molecule has 0 unspecified atom stereocenters. The Balaban J connectivity index is 2.33. The van der Waals surface area contributed by atoms with Crippen molar-refractivity contribution in [2.75, 3.05) is 4.90 Å². The van der Waals surface area contributed by atoms with Crippen LogP contribution in [-0.4, -0.2) is 11.7 Å². The van der Waals surface area contributed by atoms with Crippen molar-refractivity contribution < 1.29 is 0 Å². The normalized spacial score (nSPS) is 10.8. The fourth-order valence-corrected chi connectivity index (χ4v) is 3.90. The largest absolute Gasteiger partial charge is 0.284 e. The van der Waals surface area contributed by atoms with Crippen LogP contribution in [0.2, 0.25) is 0 Å². The Kier molecular flexibility index (Phi) is 6.90. The van der Waals surface area contributed by atoms with Gasteiger partial charge in [-0.1, -0.05) is 82.3 Å². The molecule has 0 aromatic heterocycles. The van der Waals surface area contributed by atoms with E-state index in [9.17, 15) is 10.7 Å². The predicted molar refractivity (Wildman–Crippen MR) is 133 cm³/mol. The Labute approximate surface area is 191 Å². The lowest BCUT2D eigenvalue weighted by Gasteiger charge is -2.32. The van der Waals surface area contributed by atoms with Gasteiger partial charge in [-0.25, -0.2) is 0 Å². The van der Waals surface area contributed by atoms with E-state index in [1.165, 1.54) is 0 Å². The molecule has 2 N–H and O–H groups in total. The van der Waals surface area contributed by atoms with Gasteiger partial charge in [0, 0.05) is 11.1 Å². The standard InChI is InChI=1S/C28H30N4/c1-18(2)23-12-9-13-24(19(3)4)26(23)32(27(30)22-10-7-6-8-11-22)28(31)25-16-21(17-29)15-14-20(25)5/h6-16,18-19,30-31H,1-5H3. The molecule has 0 spiro atoms. The van der Waals surface area contributed by atoms with Crippen molar-refractivity contribution in [1.29, 1.82) is 16.1 Å². The molecule has 0 aliphatic heterocycles. The average Bonchev–Trinajstić information content (AvgIpc) is 2.79. The molecular weight excluding hydrogens is 392 g/mol. The Morgan fingerprint density at radius 2 is 1.41 bits per heavy atom.